The Bertz CT molecular complexity index is 600. The summed E-state index contributed by atoms with van der Waals surface area (Å²) in [5.74, 6) is 5.43. The molecule has 1 atom stereocenters. The van der Waals surface area contributed by atoms with Crippen molar-refractivity contribution in [2.75, 3.05) is 20.1 Å². The summed E-state index contributed by atoms with van der Waals surface area (Å²) in [6.45, 7) is 2.05. The van der Waals surface area contributed by atoms with Crippen molar-refractivity contribution >= 4 is 10.0 Å². The van der Waals surface area contributed by atoms with Crippen LogP contribution in [0.25, 0.3) is 0 Å². The van der Waals surface area contributed by atoms with Gasteiger partial charge in [-0.25, -0.2) is 12.7 Å². The number of aliphatic hydroxyl groups excluding tert-OH is 1. The quantitative estimate of drug-likeness (QED) is 0.770. The molecule has 6 heteroatoms. The second-order valence-electron chi connectivity index (χ2n) is 4.47. The number of benzene rings is 1. The Balaban J connectivity index is 3.09. The van der Waals surface area contributed by atoms with E-state index in [2.05, 4.69) is 11.8 Å². The normalized spacial score (nSPS) is 12.8. The Hall–Kier alpha value is -1.39. The number of sulfonamides is 1. The maximum absolute atomic E-state index is 12.5. The Morgan fingerprint density at radius 2 is 2.05 bits per heavy atom. The minimum absolute atomic E-state index is 0.161. The molecule has 110 valence electrons. The molecule has 0 saturated carbocycles. The predicted molar refractivity (Wildman–Crippen MR) is 78.5 cm³/mol. The standard InChI is InChI=1S/C14H20N2O3S/c1-12(17)9-11-16(2)20(18,19)14-8-4-3-6-13(14)7-5-10-15/h3-4,6,8,12,17H,9-11,15H2,1-2H3. The topological polar surface area (TPSA) is 83.6 Å². The molecular weight excluding hydrogens is 276 g/mol. The van der Waals surface area contributed by atoms with E-state index in [-0.39, 0.29) is 18.0 Å². The highest BCUT2D eigenvalue weighted by atomic mass is 32.2. The Morgan fingerprint density at radius 1 is 1.40 bits per heavy atom. The molecule has 0 aliphatic rings. The number of nitrogens with zero attached hydrogens (tertiary/aromatic N) is 1. The van der Waals surface area contributed by atoms with Gasteiger partial charge in [0.25, 0.3) is 0 Å². The van der Waals surface area contributed by atoms with E-state index in [1.807, 2.05) is 0 Å². The van der Waals surface area contributed by atoms with Crippen LogP contribution in [-0.2, 0) is 10.0 Å². The van der Waals surface area contributed by atoms with Gasteiger partial charge >= 0.3 is 0 Å². The lowest BCUT2D eigenvalue weighted by molar-refractivity contribution is 0.177. The summed E-state index contributed by atoms with van der Waals surface area (Å²) in [7, 11) is -2.13. The first-order chi connectivity index (χ1) is 9.39. The molecule has 1 aromatic rings. The van der Waals surface area contributed by atoms with E-state index in [9.17, 15) is 13.5 Å². The van der Waals surface area contributed by atoms with Gasteiger partial charge in [0, 0.05) is 19.2 Å². The maximum Gasteiger partial charge on any atom is 0.244 e. The lowest BCUT2D eigenvalue weighted by atomic mass is 10.2. The van der Waals surface area contributed by atoms with Crippen LogP contribution in [0, 0.1) is 11.8 Å². The average Bonchev–Trinajstić information content (AvgIpc) is 2.42. The smallest absolute Gasteiger partial charge is 0.244 e. The summed E-state index contributed by atoms with van der Waals surface area (Å²) in [5.41, 5.74) is 5.75. The van der Waals surface area contributed by atoms with Crippen molar-refractivity contribution in [1.82, 2.24) is 4.31 Å². The molecule has 0 radical (unpaired) electrons. The van der Waals surface area contributed by atoms with Gasteiger partial charge in [-0.2, -0.15) is 0 Å². The van der Waals surface area contributed by atoms with Gasteiger partial charge in [0.2, 0.25) is 10.0 Å². The van der Waals surface area contributed by atoms with Gasteiger partial charge in [-0.1, -0.05) is 24.0 Å². The van der Waals surface area contributed by atoms with Gasteiger partial charge in [-0.05, 0) is 25.5 Å². The van der Waals surface area contributed by atoms with Gasteiger partial charge in [0.05, 0.1) is 17.5 Å². The third-order valence-electron chi connectivity index (χ3n) is 2.76. The molecular formula is C14H20N2O3S. The highest BCUT2D eigenvalue weighted by Gasteiger charge is 2.23. The van der Waals surface area contributed by atoms with Gasteiger partial charge in [0.1, 0.15) is 0 Å². The molecule has 0 spiro atoms. The van der Waals surface area contributed by atoms with Crippen LogP contribution in [-0.4, -0.2) is 44.1 Å². The van der Waals surface area contributed by atoms with Gasteiger partial charge in [0.15, 0.2) is 0 Å². The zero-order valence-corrected chi connectivity index (χ0v) is 12.5. The molecule has 0 aromatic heterocycles. The van der Waals surface area contributed by atoms with Crippen molar-refractivity contribution in [3.8, 4) is 11.8 Å². The van der Waals surface area contributed by atoms with Crippen LogP contribution in [0.5, 0.6) is 0 Å². The molecule has 5 nitrogen and oxygen atoms in total. The second kappa shape index (κ2) is 7.41. The molecule has 0 aliphatic carbocycles. The monoisotopic (exact) mass is 296 g/mol. The third kappa shape index (κ3) is 4.32. The molecule has 0 bridgehead atoms. The molecule has 1 unspecified atom stereocenters. The molecule has 0 heterocycles. The van der Waals surface area contributed by atoms with E-state index in [4.69, 9.17) is 5.73 Å². The van der Waals surface area contributed by atoms with Crippen molar-refractivity contribution in [2.24, 2.45) is 5.73 Å². The number of hydrogen-bond acceptors (Lipinski definition) is 4. The lowest BCUT2D eigenvalue weighted by Gasteiger charge is -2.18. The van der Waals surface area contributed by atoms with Crippen LogP contribution < -0.4 is 5.73 Å². The van der Waals surface area contributed by atoms with E-state index in [0.717, 1.165) is 0 Å². The fraction of sp³-hybridized carbons (Fsp3) is 0.429. The fourth-order valence-corrected chi connectivity index (χ4v) is 2.93. The number of rotatable bonds is 5. The first-order valence-electron chi connectivity index (χ1n) is 6.32. The third-order valence-corrected chi connectivity index (χ3v) is 4.68. The first-order valence-corrected chi connectivity index (χ1v) is 7.76. The van der Waals surface area contributed by atoms with E-state index < -0.39 is 16.1 Å². The predicted octanol–water partition coefficient (Wildman–Crippen LogP) is 0.388. The SMILES string of the molecule is CC(O)CCN(C)S(=O)(=O)c1ccccc1C#CCN. The Labute approximate surface area is 120 Å². The molecule has 0 fully saturated rings. The number of aliphatic hydroxyl groups is 1. The van der Waals surface area contributed by atoms with Crippen LogP contribution >= 0.6 is 0 Å². The molecule has 3 N–H and O–H groups in total. The van der Waals surface area contributed by atoms with Crippen molar-refractivity contribution in [2.45, 2.75) is 24.3 Å². The largest absolute Gasteiger partial charge is 0.393 e. The van der Waals surface area contributed by atoms with Crippen LogP contribution in [0.15, 0.2) is 29.2 Å². The highest BCUT2D eigenvalue weighted by molar-refractivity contribution is 7.89. The Kier molecular flexibility index (Phi) is 6.17. The van der Waals surface area contributed by atoms with Gasteiger partial charge in [-0.3, -0.25) is 0 Å². The number of nitrogens with two attached hydrogens (primary N) is 1. The molecule has 0 saturated heterocycles. The minimum atomic E-state index is -3.62. The van der Waals surface area contributed by atoms with Crippen molar-refractivity contribution < 1.29 is 13.5 Å². The number of hydrogen-bond donors (Lipinski definition) is 2. The van der Waals surface area contributed by atoms with Crippen LogP contribution in [0.4, 0.5) is 0 Å². The maximum atomic E-state index is 12.5. The van der Waals surface area contributed by atoms with Crippen LogP contribution in [0.1, 0.15) is 18.9 Å². The van der Waals surface area contributed by atoms with Crippen molar-refractivity contribution in [3.63, 3.8) is 0 Å². The van der Waals surface area contributed by atoms with Crippen LogP contribution in [0.2, 0.25) is 0 Å². The second-order valence-corrected chi connectivity index (χ2v) is 6.48. The molecule has 20 heavy (non-hydrogen) atoms. The summed E-state index contributed by atoms with van der Waals surface area (Å²) in [6, 6.07) is 6.56. The zero-order valence-electron chi connectivity index (χ0n) is 11.7. The van der Waals surface area contributed by atoms with E-state index in [0.29, 0.717) is 12.0 Å². The fourth-order valence-electron chi connectivity index (χ4n) is 1.60. The summed E-state index contributed by atoms with van der Waals surface area (Å²) in [6.07, 6.45) is -0.160. The molecule has 0 aliphatic heterocycles. The van der Waals surface area contributed by atoms with Crippen molar-refractivity contribution in [3.05, 3.63) is 29.8 Å². The first kappa shape index (κ1) is 16.7. The summed E-state index contributed by atoms with van der Waals surface area (Å²) < 4.78 is 26.2. The molecule has 1 aromatic carbocycles. The van der Waals surface area contributed by atoms with Crippen molar-refractivity contribution in [1.29, 1.82) is 0 Å². The van der Waals surface area contributed by atoms with Gasteiger partial charge in [-0.15, -0.1) is 0 Å². The van der Waals surface area contributed by atoms with E-state index >= 15 is 0 Å². The minimum Gasteiger partial charge on any atom is -0.393 e. The summed E-state index contributed by atoms with van der Waals surface area (Å²) in [5, 5.41) is 9.25. The highest BCUT2D eigenvalue weighted by Crippen LogP contribution is 2.18. The molecule has 0 amide bonds. The molecule has 1 rings (SSSR count). The van der Waals surface area contributed by atoms with E-state index in [1.54, 1.807) is 25.1 Å². The van der Waals surface area contributed by atoms with Crippen LogP contribution in [0.3, 0.4) is 0 Å². The lowest BCUT2D eigenvalue weighted by Crippen LogP contribution is -2.30. The van der Waals surface area contributed by atoms with Gasteiger partial charge < -0.3 is 10.8 Å². The summed E-state index contributed by atoms with van der Waals surface area (Å²) in [4.78, 5) is 0.161. The zero-order chi connectivity index (χ0) is 15.2. The van der Waals surface area contributed by atoms with E-state index in [1.165, 1.54) is 17.4 Å². The average molecular weight is 296 g/mol. The Morgan fingerprint density at radius 3 is 2.65 bits per heavy atom. The summed E-state index contributed by atoms with van der Waals surface area (Å²) >= 11 is 0.